The second kappa shape index (κ2) is 6.51. The SMILES string of the molecule is Cc1sc2ncnc(Nc3ccc4c(c3)OCO4)c2c1-c1ccc(Br)cc1. The lowest BCUT2D eigenvalue weighted by atomic mass is 10.0. The zero-order valence-corrected chi connectivity index (χ0v) is 16.7. The van der Waals surface area contributed by atoms with E-state index >= 15 is 0 Å². The summed E-state index contributed by atoms with van der Waals surface area (Å²) < 4.78 is 11.9. The third-order valence-corrected chi connectivity index (χ3v) is 5.97. The summed E-state index contributed by atoms with van der Waals surface area (Å²) >= 11 is 5.18. The lowest BCUT2D eigenvalue weighted by molar-refractivity contribution is 0.174. The number of nitrogens with zero attached hydrogens (tertiary/aromatic N) is 2. The Hall–Kier alpha value is -2.64. The van der Waals surface area contributed by atoms with Crippen molar-refractivity contribution in [3.63, 3.8) is 0 Å². The molecule has 4 aromatic rings. The van der Waals surface area contributed by atoms with Crippen molar-refractivity contribution in [2.24, 2.45) is 0 Å². The predicted octanol–water partition coefficient (Wildman–Crippen LogP) is 5.90. The van der Waals surface area contributed by atoms with E-state index in [-0.39, 0.29) is 6.79 Å². The molecular weight excluding hydrogens is 426 g/mol. The molecular formula is C20H14BrN3O2S. The summed E-state index contributed by atoms with van der Waals surface area (Å²) in [5, 5.41) is 4.45. The van der Waals surface area contributed by atoms with E-state index in [0.29, 0.717) is 0 Å². The van der Waals surface area contributed by atoms with Gasteiger partial charge in [0, 0.05) is 26.7 Å². The van der Waals surface area contributed by atoms with Gasteiger partial charge in [-0.2, -0.15) is 0 Å². The van der Waals surface area contributed by atoms with E-state index < -0.39 is 0 Å². The summed E-state index contributed by atoms with van der Waals surface area (Å²) in [5.41, 5.74) is 3.20. The number of benzene rings is 2. The van der Waals surface area contributed by atoms with Crippen LogP contribution in [-0.2, 0) is 0 Å². The van der Waals surface area contributed by atoms with E-state index in [9.17, 15) is 0 Å². The maximum absolute atomic E-state index is 5.48. The van der Waals surface area contributed by atoms with E-state index in [4.69, 9.17) is 9.47 Å². The fourth-order valence-corrected chi connectivity index (χ4v) is 4.49. The molecule has 2 aromatic carbocycles. The zero-order valence-electron chi connectivity index (χ0n) is 14.3. The monoisotopic (exact) mass is 439 g/mol. The van der Waals surface area contributed by atoms with Gasteiger partial charge in [-0.05, 0) is 36.8 Å². The first-order valence-corrected chi connectivity index (χ1v) is 9.97. The Labute approximate surface area is 168 Å². The molecule has 1 aliphatic heterocycles. The topological polar surface area (TPSA) is 56.3 Å². The van der Waals surface area contributed by atoms with Crippen LogP contribution >= 0.6 is 27.3 Å². The van der Waals surface area contributed by atoms with Gasteiger partial charge >= 0.3 is 0 Å². The molecule has 0 amide bonds. The number of thiophene rings is 1. The third-order valence-electron chi connectivity index (χ3n) is 4.43. The molecule has 0 radical (unpaired) electrons. The molecule has 0 saturated heterocycles. The van der Waals surface area contributed by atoms with Gasteiger partial charge in [0.15, 0.2) is 11.5 Å². The minimum atomic E-state index is 0.258. The highest BCUT2D eigenvalue weighted by molar-refractivity contribution is 9.10. The highest BCUT2D eigenvalue weighted by Crippen LogP contribution is 2.42. The predicted molar refractivity (Wildman–Crippen MR) is 111 cm³/mol. The van der Waals surface area contributed by atoms with E-state index in [1.807, 2.05) is 30.3 Å². The first-order chi connectivity index (χ1) is 13.2. The summed E-state index contributed by atoms with van der Waals surface area (Å²) in [6, 6.07) is 14.1. The Kier molecular flexibility index (Phi) is 3.98. The van der Waals surface area contributed by atoms with Gasteiger partial charge in [-0.3, -0.25) is 0 Å². The number of hydrogen-bond acceptors (Lipinski definition) is 6. The summed E-state index contributed by atoms with van der Waals surface area (Å²) in [4.78, 5) is 11.2. The number of ether oxygens (including phenoxy) is 2. The molecule has 2 aromatic heterocycles. The highest BCUT2D eigenvalue weighted by Gasteiger charge is 2.18. The van der Waals surface area contributed by atoms with Gasteiger partial charge in [-0.15, -0.1) is 11.3 Å². The van der Waals surface area contributed by atoms with Crippen LogP contribution < -0.4 is 14.8 Å². The van der Waals surface area contributed by atoms with Crippen molar-refractivity contribution in [2.45, 2.75) is 6.92 Å². The average molecular weight is 440 g/mol. The fraction of sp³-hybridized carbons (Fsp3) is 0.100. The molecule has 1 aliphatic rings. The van der Waals surface area contributed by atoms with E-state index in [1.54, 1.807) is 17.7 Å². The Morgan fingerprint density at radius 2 is 1.85 bits per heavy atom. The smallest absolute Gasteiger partial charge is 0.231 e. The van der Waals surface area contributed by atoms with Crippen LogP contribution in [0.3, 0.4) is 0 Å². The number of rotatable bonds is 3. The van der Waals surface area contributed by atoms with E-state index in [2.05, 4.69) is 50.3 Å². The van der Waals surface area contributed by atoms with Crippen LogP contribution in [0.25, 0.3) is 21.3 Å². The van der Waals surface area contributed by atoms with Crippen LogP contribution in [0, 0.1) is 6.92 Å². The van der Waals surface area contributed by atoms with Crippen LogP contribution in [-0.4, -0.2) is 16.8 Å². The van der Waals surface area contributed by atoms with Gasteiger partial charge in [0.1, 0.15) is 17.0 Å². The molecule has 0 bridgehead atoms. The number of anilines is 2. The van der Waals surface area contributed by atoms with Crippen molar-refractivity contribution in [1.29, 1.82) is 0 Å². The maximum Gasteiger partial charge on any atom is 0.231 e. The molecule has 0 atom stereocenters. The Balaban J connectivity index is 1.63. The largest absolute Gasteiger partial charge is 0.454 e. The molecule has 0 saturated carbocycles. The lowest BCUT2D eigenvalue weighted by Gasteiger charge is -2.10. The zero-order chi connectivity index (χ0) is 18.4. The molecule has 0 spiro atoms. The second-order valence-electron chi connectivity index (χ2n) is 6.14. The molecule has 0 unspecified atom stereocenters. The molecule has 27 heavy (non-hydrogen) atoms. The normalized spacial score (nSPS) is 12.5. The first kappa shape index (κ1) is 16.5. The van der Waals surface area contributed by atoms with Crippen molar-refractivity contribution in [1.82, 2.24) is 9.97 Å². The summed E-state index contributed by atoms with van der Waals surface area (Å²) in [5.74, 6) is 2.27. The number of halogens is 1. The van der Waals surface area contributed by atoms with Gasteiger partial charge in [0.25, 0.3) is 0 Å². The second-order valence-corrected chi connectivity index (χ2v) is 8.25. The van der Waals surface area contributed by atoms with Crippen molar-refractivity contribution in [3.05, 3.63) is 58.1 Å². The average Bonchev–Trinajstić information content (AvgIpc) is 3.26. The number of hydrogen-bond donors (Lipinski definition) is 1. The van der Waals surface area contributed by atoms with Crippen LogP contribution in [0.15, 0.2) is 53.3 Å². The molecule has 3 heterocycles. The molecule has 1 N–H and O–H groups in total. The van der Waals surface area contributed by atoms with Crippen molar-refractivity contribution in [2.75, 3.05) is 12.1 Å². The number of aryl methyl sites for hydroxylation is 1. The van der Waals surface area contributed by atoms with Gasteiger partial charge in [0.05, 0.1) is 5.39 Å². The Morgan fingerprint density at radius 1 is 1.04 bits per heavy atom. The van der Waals surface area contributed by atoms with Gasteiger partial charge < -0.3 is 14.8 Å². The number of nitrogens with one attached hydrogen (secondary N) is 1. The number of fused-ring (bicyclic) bond motifs is 2. The Bertz CT molecular complexity index is 1160. The maximum atomic E-state index is 5.48. The van der Waals surface area contributed by atoms with Gasteiger partial charge in [-0.1, -0.05) is 28.1 Å². The van der Waals surface area contributed by atoms with Crippen LogP contribution in [0.4, 0.5) is 11.5 Å². The quantitative estimate of drug-likeness (QED) is 0.430. The molecule has 5 nitrogen and oxygen atoms in total. The third kappa shape index (κ3) is 2.93. The van der Waals surface area contributed by atoms with Gasteiger partial charge in [0.2, 0.25) is 6.79 Å². The van der Waals surface area contributed by atoms with E-state index in [0.717, 1.165) is 48.8 Å². The summed E-state index contributed by atoms with van der Waals surface area (Å²) in [7, 11) is 0. The molecule has 0 aliphatic carbocycles. The van der Waals surface area contributed by atoms with Crippen molar-refractivity contribution < 1.29 is 9.47 Å². The molecule has 0 fully saturated rings. The summed E-state index contributed by atoms with van der Waals surface area (Å²) in [6.45, 7) is 2.38. The van der Waals surface area contributed by atoms with Crippen LogP contribution in [0.5, 0.6) is 11.5 Å². The van der Waals surface area contributed by atoms with Gasteiger partial charge in [-0.25, -0.2) is 9.97 Å². The van der Waals surface area contributed by atoms with Crippen molar-refractivity contribution >= 4 is 49.0 Å². The Morgan fingerprint density at radius 3 is 2.70 bits per heavy atom. The first-order valence-electron chi connectivity index (χ1n) is 8.36. The molecule has 5 rings (SSSR count). The summed E-state index contributed by atoms with van der Waals surface area (Å²) in [6.07, 6.45) is 1.60. The standard InChI is InChI=1S/C20H14BrN3O2S/c1-11-17(12-2-4-13(21)5-3-12)18-19(22-9-23-20(18)27-11)24-14-6-7-15-16(8-14)26-10-25-15/h2-9H,10H2,1H3,(H,22,23,24). The highest BCUT2D eigenvalue weighted by atomic mass is 79.9. The van der Waals surface area contributed by atoms with Crippen LogP contribution in [0.1, 0.15) is 4.88 Å². The minimum Gasteiger partial charge on any atom is -0.454 e. The minimum absolute atomic E-state index is 0.258. The molecule has 7 heteroatoms. The van der Waals surface area contributed by atoms with Crippen molar-refractivity contribution in [3.8, 4) is 22.6 Å². The lowest BCUT2D eigenvalue weighted by Crippen LogP contribution is -1.96. The van der Waals surface area contributed by atoms with E-state index in [1.165, 1.54) is 4.88 Å². The van der Waals surface area contributed by atoms with Crippen LogP contribution in [0.2, 0.25) is 0 Å². The number of aromatic nitrogens is 2. The molecule has 134 valence electrons. The fourth-order valence-electron chi connectivity index (χ4n) is 3.21.